The lowest BCUT2D eigenvalue weighted by Crippen LogP contribution is -2.16. The Bertz CT molecular complexity index is 659. The summed E-state index contributed by atoms with van der Waals surface area (Å²) >= 11 is 0. The molecule has 1 heterocycles. The fraction of sp³-hybridized carbons (Fsp3) is 0.353. The molecule has 1 N–H and O–H groups in total. The van der Waals surface area contributed by atoms with Crippen molar-refractivity contribution in [1.29, 1.82) is 0 Å². The van der Waals surface area contributed by atoms with Crippen LogP contribution in [0.15, 0.2) is 48.7 Å². The summed E-state index contributed by atoms with van der Waals surface area (Å²) < 4.78 is 19.1. The second-order valence-electron chi connectivity index (χ2n) is 5.47. The maximum Gasteiger partial charge on any atom is 0.265 e. The van der Waals surface area contributed by atoms with Crippen molar-refractivity contribution >= 4 is 18.4 Å². The smallest absolute Gasteiger partial charge is 0.265 e. The van der Waals surface area contributed by atoms with Crippen molar-refractivity contribution in [2.24, 2.45) is 0 Å². The van der Waals surface area contributed by atoms with E-state index in [1.54, 1.807) is 36.5 Å². The van der Waals surface area contributed by atoms with Gasteiger partial charge in [0.25, 0.3) is 7.37 Å². The molecule has 0 fully saturated rings. The van der Waals surface area contributed by atoms with Crippen LogP contribution in [-0.4, -0.2) is 30.8 Å². The summed E-state index contributed by atoms with van der Waals surface area (Å²) in [7, 11) is 0.394. The van der Waals surface area contributed by atoms with Gasteiger partial charge in [-0.25, -0.2) is 0 Å². The summed E-state index contributed by atoms with van der Waals surface area (Å²) in [5.41, 5.74) is 1.34. The molecule has 0 saturated heterocycles. The molecule has 6 heteroatoms. The van der Waals surface area contributed by atoms with Gasteiger partial charge in [-0.05, 0) is 42.8 Å². The van der Waals surface area contributed by atoms with E-state index in [9.17, 15) is 9.67 Å². The molecule has 0 saturated carbocycles. The van der Waals surface area contributed by atoms with Gasteiger partial charge in [-0.15, -0.1) is 0 Å². The van der Waals surface area contributed by atoms with E-state index in [1.165, 1.54) is 0 Å². The number of hydrogen-bond donors (Lipinski definition) is 1. The van der Waals surface area contributed by atoms with Gasteiger partial charge in [-0.3, -0.25) is 9.55 Å². The van der Waals surface area contributed by atoms with E-state index < -0.39 is 13.2 Å². The zero-order valence-electron chi connectivity index (χ0n) is 13.7. The van der Waals surface area contributed by atoms with Gasteiger partial charge in [0.2, 0.25) is 0 Å². The summed E-state index contributed by atoms with van der Waals surface area (Å²) in [6.45, 7) is 2.25. The summed E-state index contributed by atoms with van der Waals surface area (Å²) in [5.74, 6) is -1.28. The van der Waals surface area contributed by atoms with Crippen molar-refractivity contribution in [3.63, 3.8) is 0 Å². The Labute approximate surface area is 137 Å². The largest absolute Gasteiger partial charge is 0.378 e. The molecular weight excluding hydrogens is 311 g/mol. The minimum Gasteiger partial charge on any atom is -0.378 e. The Kier molecular flexibility index (Phi) is 5.94. The van der Waals surface area contributed by atoms with E-state index in [2.05, 4.69) is 4.98 Å². The van der Waals surface area contributed by atoms with Gasteiger partial charge in [-0.1, -0.05) is 13.0 Å². The minimum atomic E-state index is -3.48. The van der Waals surface area contributed by atoms with Crippen LogP contribution in [0.3, 0.4) is 0 Å². The van der Waals surface area contributed by atoms with Crippen molar-refractivity contribution in [3.05, 3.63) is 54.4 Å². The highest BCUT2D eigenvalue weighted by Crippen LogP contribution is 2.57. The minimum absolute atomic E-state index is 0.316. The van der Waals surface area contributed by atoms with Crippen molar-refractivity contribution < 1.29 is 14.2 Å². The molecule has 0 aliphatic heterocycles. The van der Waals surface area contributed by atoms with Gasteiger partial charge in [0.05, 0.1) is 12.3 Å². The summed E-state index contributed by atoms with van der Waals surface area (Å²) in [4.78, 5) is 6.07. The van der Waals surface area contributed by atoms with Crippen molar-refractivity contribution in [1.82, 2.24) is 4.98 Å². The Hall–Kier alpha value is -1.68. The van der Waals surface area contributed by atoms with Gasteiger partial charge < -0.3 is 14.5 Å². The molecule has 2 atom stereocenters. The first-order valence-electron chi connectivity index (χ1n) is 7.60. The van der Waals surface area contributed by atoms with E-state index in [0.717, 1.165) is 5.69 Å². The molecule has 2 aromatic rings. The lowest BCUT2D eigenvalue weighted by atomic mass is 10.3. The third-order valence-electron chi connectivity index (χ3n) is 3.49. The molecular formula is C17H23N2O3P. The average Bonchev–Trinajstić information content (AvgIpc) is 2.59. The molecule has 1 aromatic carbocycles. The maximum atomic E-state index is 13.4. The Morgan fingerprint density at radius 3 is 2.43 bits per heavy atom. The lowest BCUT2D eigenvalue weighted by Gasteiger charge is -2.24. The molecule has 23 heavy (non-hydrogen) atoms. The molecule has 0 aliphatic rings. The highest BCUT2D eigenvalue weighted by molar-refractivity contribution is 7.67. The molecule has 5 nitrogen and oxygen atoms in total. The molecule has 0 spiro atoms. The summed E-state index contributed by atoms with van der Waals surface area (Å²) in [5, 5.41) is 11.1. The second-order valence-corrected chi connectivity index (χ2v) is 7.93. The third-order valence-corrected chi connectivity index (χ3v) is 5.98. The molecule has 0 bridgehead atoms. The van der Waals surface area contributed by atoms with E-state index in [0.29, 0.717) is 24.0 Å². The number of pyridine rings is 1. The maximum absolute atomic E-state index is 13.4. The monoisotopic (exact) mass is 334 g/mol. The van der Waals surface area contributed by atoms with Crippen LogP contribution in [0.1, 0.15) is 24.9 Å². The van der Waals surface area contributed by atoms with E-state index >= 15 is 0 Å². The zero-order chi connectivity index (χ0) is 16.9. The number of aromatic nitrogens is 1. The van der Waals surface area contributed by atoms with Crippen LogP contribution in [0.25, 0.3) is 0 Å². The van der Waals surface area contributed by atoms with Crippen LogP contribution < -0.4 is 10.2 Å². The number of benzene rings is 1. The van der Waals surface area contributed by atoms with E-state index in [4.69, 9.17) is 4.52 Å². The molecule has 0 radical (unpaired) electrons. The Morgan fingerprint density at radius 1 is 1.22 bits per heavy atom. The zero-order valence-corrected chi connectivity index (χ0v) is 14.6. The number of aliphatic hydroxyl groups excluding tert-OH is 1. The van der Waals surface area contributed by atoms with Gasteiger partial charge in [0.15, 0.2) is 5.85 Å². The van der Waals surface area contributed by atoms with Gasteiger partial charge in [-0.2, -0.15) is 0 Å². The molecule has 0 amide bonds. The van der Waals surface area contributed by atoms with Crippen LogP contribution in [0, 0.1) is 0 Å². The van der Waals surface area contributed by atoms with Crippen LogP contribution in [0.5, 0.6) is 0 Å². The fourth-order valence-electron chi connectivity index (χ4n) is 2.17. The molecule has 0 aliphatic carbocycles. The average molecular weight is 334 g/mol. The van der Waals surface area contributed by atoms with Crippen LogP contribution >= 0.6 is 7.37 Å². The second kappa shape index (κ2) is 7.73. The van der Waals surface area contributed by atoms with Gasteiger partial charge in [0.1, 0.15) is 0 Å². The number of rotatable bonds is 7. The van der Waals surface area contributed by atoms with Crippen LogP contribution in [-0.2, 0) is 9.09 Å². The molecule has 1 aromatic heterocycles. The van der Waals surface area contributed by atoms with Crippen LogP contribution in [0.4, 0.5) is 5.69 Å². The standard InChI is InChI=1S/C17H23N2O3P/c1-4-13-22-23(21,17(20)16-7-5-6-12-18-16)15-10-8-14(9-11-15)19(2)3/h5-12,17,20H,4,13H2,1-3H3/t17-,23-/m1/s1. The Morgan fingerprint density at radius 2 is 1.91 bits per heavy atom. The first-order valence-corrected chi connectivity index (χ1v) is 9.29. The van der Waals surface area contributed by atoms with Crippen molar-refractivity contribution in [3.8, 4) is 0 Å². The van der Waals surface area contributed by atoms with E-state index in [-0.39, 0.29) is 0 Å². The quantitative estimate of drug-likeness (QED) is 0.788. The van der Waals surface area contributed by atoms with Crippen LogP contribution in [0.2, 0.25) is 0 Å². The summed E-state index contributed by atoms with van der Waals surface area (Å²) in [6, 6.07) is 12.4. The highest BCUT2D eigenvalue weighted by Gasteiger charge is 2.37. The first-order chi connectivity index (χ1) is 11.0. The number of nitrogens with zero attached hydrogens (tertiary/aromatic N) is 2. The highest BCUT2D eigenvalue weighted by atomic mass is 31.2. The first kappa shape index (κ1) is 17.7. The summed E-state index contributed by atoms with van der Waals surface area (Å²) in [6.07, 6.45) is 2.28. The van der Waals surface area contributed by atoms with Crippen molar-refractivity contribution in [2.75, 3.05) is 25.6 Å². The number of anilines is 1. The van der Waals surface area contributed by atoms with Gasteiger partial charge >= 0.3 is 0 Å². The SMILES string of the molecule is CCCO[P@](=O)(c1ccc(N(C)C)cc1)[C@@H](O)c1ccccn1. The lowest BCUT2D eigenvalue weighted by molar-refractivity contribution is 0.211. The molecule has 124 valence electrons. The normalized spacial score (nSPS) is 15.0. The molecule has 2 rings (SSSR count). The van der Waals surface area contributed by atoms with Gasteiger partial charge in [0, 0.05) is 31.3 Å². The van der Waals surface area contributed by atoms with E-state index in [1.807, 2.05) is 38.1 Å². The fourth-order valence-corrected chi connectivity index (χ4v) is 4.27. The predicted molar refractivity (Wildman–Crippen MR) is 93.4 cm³/mol. The number of aliphatic hydroxyl groups is 1. The van der Waals surface area contributed by atoms with Crippen molar-refractivity contribution in [2.45, 2.75) is 19.2 Å². The molecule has 0 unspecified atom stereocenters. The topological polar surface area (TPSA) is 62.7 Å². The predicted octanol–water partition coefficient (Wildman–Crippen LogP) is 3.17. The third kappa shape index (κ3) is 3.99. The number of hydrogen-bond acceptors (Lipinski definition) is 5. The Balaban J connectivity index is 2.40.